The molecule has 1 aliphatic rings. The molecule has 0 aromatic heterocycles. The lowest BCUT2D eigenvalue weighted by molar-refractivity contribution is -0.146. The summed E-state index contributed by atoms with van der Waals surface area (Å²) in [4.78, 5) is 25.1. The average Bonchev–Trinajstić information content (AvgIpc) is 2.62. The van der Waals surface area contributed by atoms with E-state index in [2.05, 4.69) is 10.2 Å². The molecule has 7 nitrogen and oxygen atoms in total. The summed E-state index contributed by atoms with van der Waals surface area (Å²) in [6, 6.07) is 6.06. The van der Waals surface area contributed by atoms with E-state index in [9.17, 15) is 14.7 Å². The van der Waals surface area contributed by atoms with E-state index in [1.54, 1.807) is 14.2 Å². The first-order valence-corrected chi connectivity index (χ1v) is 8.85. The summed E-state index contributed by atoms with van der Waals surface area (Å²) in [6.07, 6.45) is 1.02. The largest absolute Gasteiger partial charge is 0.493 e. The van der Waals surface area contributed by atoms with Gasteiger partial charge < -0.3 is 19.9 Å². The molecular formula is C19H28N2O5. The van der Waals surface area contributed by atoms with Crippen molar-refractivity contribution < 1.29 is 24.2 Å². The molecule has 26 heavy (non-hydrogen) atoms. The molecule has 2 atom stereocenters. The molecule has 1 aromatic rings. The smallest absolute Gasteiger partial charge is 0.314 e. The van der Waals surface area contributed by atoms with Crippen molar-refractivity contribution in [2.24, 2.45) is 5.92 Å². The Morgan fingerprint density at radius 1 is 1.31 bits per heavy atom. The lowest BCUT2D eigenvalue weighted by Crippen LogP contribution is -2.51. The predicted octanol–water partition coefficient (Wildman–Crippen LogP) is 1.55. The van der Waals surface area contributed by atoms with Gasteiger partial charge in [0.2, 0.25) is 0 Å². The van der Waals surface area contributed by atoms with Crippen molar-refractivity contribution >= 4 is 11.8 Å². The number of piperazine rings is 1. The Morgan fingerprint density at radius 2 is 2.04 bits per heavy atom. The molecule has 0 bridgehead atoms. The van der Waals surface area contributed by atoms with Crippen molar-refractivity contribution in [3.05, 3.63) is 23.8 Å². The first-order chi connectivity index (χ1) is 12.5. The minimum Gasteiger partial charge on any atom is -0.493 e. The molecule has 0 aliphatic carbocycles. The van der Waals surface area contributed by atoms with E-state index in [0.717, 1.165) is 31.7 Å². The van der Waals surface area contributed by atoms with Gasteiger partial charge in [0, 0.05) is 32.2 Å². The van der Waals surface area contributed by atoms with Gasteiger partial charge in [0.15, 0.2) is 11.5 Å². The number of aliphatic carboxylic acids is 1. The van der Waals surface area contributed by atoms with Crippen LogP contribution < -0.4 is 14.8 Å². The fourth-order valence-corrected chi connectivity index (χ4v) is 3.37. The number of nitrogens with zero attached hydrogens (tertiary/aromatic N) is 1. The van der Waals surface area contributed by atoms with Gasteiger partial charge in [0.25, 0.3) is 0 Å². The van der Waals surface area contributed by atoms with Gasteiger partial charge >= 0.3 is 5.97 Å². The minimum absolute atomic E-state index is 0.193. The summed E-state index contributed by atoms with van der Waals surface area (Å²) in [5.41, 5.74) is 1.11. The third-order valence-corrected chi connectivity index (χ3v) is 4.88. The number of benzene rings is 1. The number of carboxylic acid groups (broad SMARTS) is 1. The van der Waals surface area contributed by atoms with E-state index < -0.39 is 11.9 Å². The number of ether oxygens (including phenoxy) is 2. The number of carbonyl (C=O) groups excluding carboxylic acids is 1. The number of nitrogens with one attached hydrogen (secondary N) is 1. The highest BCUT2D eigenvalue weighted by Crippen LogP contribution is 2.28. The molecule has 2 unspecified atom stereocenters. The Hall–Kier alpha value is -2.12. The maximum absolute atomic E-state index is 11.5. The molecule has 0 amide bonds. The molecule has 0 saturated carbocycles. The van der Waals surface area contributed by atoms with Crippen molar-refractivity contribution in [3.8, 4) is 11.5 Å². The average molecular weight is 364 g/mol. The summed E-state index contributed by atoms with van der Waals surface area (Å²) >= 11 is 0. The first-order valence-electron chi connectivity index (χ1n) is 8.85. The van der Waals surface area contributed by atoms with Crippen molar-refractivity contribution in [2.45, 2.75) is 32.4 Å². The highest BCUT2D eigenvalue weighted by Gasteiger charge is 2.27. The van der Waals surface area contributed by atoms with Gasteiger partial charge in [-0.2, -0.15) is 0 Å². The van der Waals surface area contributed by atoms with Crippen LogP contribution in [-0.4, -0.2) is 61.7 Å². The Balaban J connectivity index is 2.04. The first kappa shape index (κ1) is 20.2. The number of rotatable bonds is 9. The van der Waals surface area contributed by atoms with Crippen molar-refractivity contribution in [1.29, 1.82) is 0 Å². The molecule has 1 aromatic carbocycles. The Labute approximate surface area is 154 Å². The number of carboxylic acids is 1. The fraction of sp³-hybridized carbons (Fsp3) is 0.579. The van der Waals surface area contributed by atoms with Crippen LogP contribution in [0.25, 0.3) is 0 Å². The number of hydrogen-bond donors (Lipinski definition) is 2. The monoisotopic (exact) mass is 364 g/mol. The normalized spacial score (nSPS) is 19.0. The second kappa shape index (κ2) is 9.54. The molecule has 7 heteroatoms. The lowest BCUT2D eigenvalue weighted by Gasteiger charge is -2.36. The van der Waals surface area contributed by atoms with Crippen LogP contribution in [0.3, 0.4) is 0 Å². The van der Waals surface area contributed by atoms with Crippen LogP contribution in [0.15, 0.2) is 18.2 Å². The van der Waals surface area contributed by atoms with Crippen LogP contribution in [0, 0.1) is 5.92 Å². The number of ketones is 1. The molecule has 1 heterocycles. The topological polar surface area (TPSA) is 88.1 Å². The van der Waals surface area contributed by atoms with Crippen LogP contribution in [0.2, 0.25) is 0 Å². The van der Waals surface area contributed by atoms with Crippen LogP contribution in [0.4, 0.5) is 0 Å². The number of hydrogen-bond acceptors (Lipinski definition) is 6. The summed E-state index contributed by atoms with van der Waals surface area (Å²) in [6.45, 7) is 4.64. The highest BCUT2D eigenvalue weighted by molar-refractivity contribution is 5.96. The SMILES string of the molecule is COc1ccc(CN2CCNCC2CCC(C(C)=O)C(=O)O)cc1OC. The van der Waals surface area contributed by atoms with E-state index in [1.807, 2.05) is 18.2 Å². The van der Waals surface area contributed by atoms with Crippen LogP contribution in [0.1, 0.15) is 25.3 Å². The Bertz CT molecular complexity index is 620. The maximum atomic E-state index is 11.5. The summed E-state index contributed by atoms with van der Waals surface area (Å²) in [7, 11) is 3.22. The fourth-order valence-electron chi connectivity index (χ4n) is 3.37. The summed E-state index contributed by atoms with van der Waals surface area (Å²) in [5.74, 6) is -0.849. The van der Waals surface area contributed by atoms with Crippen LogP contribution in [-0.2, 0) is 16.1 Å². The molecular weight excluding hydrogens is 336 g/mol. The van der Waals surface area contributed by atoms with Gasteiger partial charge in [-0.05, 0) is 37.5 Å². The number of carbonyl (C=O) groups is 2. The molecule has 1 fully saturated rings. The molecule has 0 radical (unpaired) electrons. The minimum atomic E-state index is -1.03. The summed E-state index contributed by atoms with van der Waals surface area (Å²) < 4.78 is 10.6. The maximum Gasteiger partial charge on any atom is 0.314 e. The van der Waals surface area contributed by atoms with Gasteiger partial charge in [-0.1, -0.05) is 6.07 Å². The molecule has 1 saturated heterocycles. The molecule has 144 valence electrons. The molecule has 0 spiro atoms. The van der Waals surface area contributed by atoms with Crippen molar-refractivity contribution in [1.82, 2.24) is 10.2 Å². The van der Waals surface area contributed by atoms with Crippen LogP contribution >= 0.6 is 0 Å². The van der Waals surface area contributed by atoms with Crippen LogP contribution in [0.5, 0.6) is 11.5 Å². The van der Waals surface area contributed by atoms with E-state index in [0.29, 0.717) is 24.3 Å². The zero-order chi connectivity index (χ0) is 19.1. The van der Waals surface area contributed by atoms with Gasteiger partial charge in [0.05, 0.1) is 14.2 Å². The molecule has 2 N–H and O–H groups in total. The van der Waals surface area contributed by atoms with E-state index in [4.69, 9.17) is 9.47 Å². The van der Waals surface area contributed by atoms with Crippen molar-refractivity contribution in [2.75, 3.05) is 33.9 Å². The van der Waals surface area contributed by atoms with E-state index >= 15 is 0 Å². The third-order valence-electron chi connectivity index (χ3n) is 4.88. The zero-order valence-electron chi connectivity index (χ0n) is 15.7. The van der Waals surface area contributed by atoms with E-state index in [1.165, 1.54) is 6.92 Å². The number of Topliss-reactive ketones (excluding diaryl/α,β-unsaturated/α-hetero) is 1. The highest BCUT2D eigenvalue weighted by atomic mass is 16.5. The predicted molar refractivity (Wildman–Crippen MR) is 97.7 cm³/mol. The Morgan fingerprint density at radius 3 is 2.65 bits per heavy atom. The standard InChI is InChI=1S/C19H28N2O5/c1-13(22)16(19(23)24)6-5-15-11-20-8-9-21(15)12-14-4-7-17(25-2)18(10-14)26-3/h4,7,10,15-16,20H,5-6,8-9,11-12H2,1-3H3,(H,23,24). The van der Waals surface area contributed by atoms with E-state index in [-0.39, 0.29) is 11.8 Å². The quantitative estimate of drug-likeness (QED) is 0.643. The molecule has 1 aliphatic heterocycles. The zero-order valence-corrected chi connectivity index (χ0v) is 15.7. The second-order valence-electron chi connectivity index (χ2n) is 6.60. The van der Waals surface area contributed by atoms with Gasteiger partial charge in [-0.15, -0.1) is 0 Å². The third kappa shape index (κ3) is 5.19. The summed E-state index contributed by atoms with van der Waals surface area (Å²) in [5, 5.41) is 12.6. The lowest BCUT2D eigenvalue weighted by atomic mass is 9.95. The number of methoxy groups -OCH3 is 2. The second-order valence-corrected chi connectivity index (χ2v) is 6.60. The van der Waals surface area contributed by atoms with Gasteiger partial charge in [0.1, 0.15) is 11.7 Å². The van der Waals surface area contributed by atoms with Crippen molar-refractivity contribution in [3.63, 3.8) is 0 Å². The van der Waals surface area contributed by atoms with Gasteiger partial charge in [-0.3, -0.25) is 14.5 Å². The molecule has 2 rings (SSSR count). The Kier molecular flexibility index (Phi) is 7.41. The van der Waals surface area contributed by atoms with Gasteiger partial charge in [-0.25, -0.2) is 0 Å².